The standard InChI is InChI=1S/C37H43F2N5O8/c1-3-4-18-51-37(50)43-16-14-42(15-17-43)36(49)28(11-12-34(46)47)41-35(48)30-21-32(26-9-7-23(2)19-29(26)40-30)52-22-33(45)44-13-5-6-31(44)25-10-8-24(38)20-27(25)39/h7-10,19-21,28,31H,3-6,11-18,22H2,1-2H3,(H,41,48)(H,46,47)/t28?,31-/m0/s1. The van der Waals surface area contributed by atoms with Crippen LogP contribution in [0.15, 0.2) is 42.5 Å². The summed E-state index contributed by atoms with van der Waals surface area (Å²) < 4.78 is 39.4. The molecule has 4 amide bonds. The van der Waals surface area contributed by atoms with Crippen LogP contribution in [-0.4, -0.2) is 107 Å². The predicted octanol–water partition coefficient (Wildman–Crippen LogP) is 4.61. The maximum Gasteiger partial charge on any atom is 0.409 e. The van der Waals surface area contributed by atoms with Crippen LogP contribution in [0.3, 0.4) is 0 Å². The highest BCUT2D eigenvalue weighted by atomic mass is 19.1. The van der Waals surface area contributed by atoms with Gasteiger partial charge in [-0.1, -0.05) is 25.5 Å². The minimum Gasteiger partial charge on any atom is -0.483 e. The highest BCUT2D eigenvalue weighted by molar-refractivity contribution is 5.99. The van der Waals surface area contributed by atoms with Gasteiger partial charge in [-0.15, -0.1) is 0 Å². The molecule has 2 atom stereocenters. The fourth-order valence-corrected chi connectivity index (χ4v) is 6.41. The number of aryl methyl sites for hydroxylation is 1. The average Bonchev–Trinajstić information content (AvgIpc) is 3.61. The third kappa shape index (κ3) is 9.30. The van der Waals surface area contributed by atoms with Gasteiger partial charge >= 0.3 is 12.1 Å². The molecule has 52 heavy (non-hydrogen) atoms. The summed E-state index contributed by atoms with van der Waals surface area (Å²) in [6, 6.07) is 8.13. The molecule has 3 heterocycles. The van der Waals surface area contributed by atoms with Crippen molar-refractivity contribution in [1.29, 1.82) is 0 Å². The summed E-state index contributed by atoms with van der Waals surface area (Å²) in [5.41, 5.74) is 1.32. The number of benzene rings is 2. The average molecular weight is 724 g/mol. The number of hydrogen-bond donors (Lipinski definition) is 2. The quantitative estimate of drug-likeness (QED) is 0.240. The Morgan fingerprint density at radius 2 is 1.75 bits per heavy atom. The minimum atomic E-state index is -1.20. The van der Waals surface area contributed by atoms with E-state index < -0.39 is 60.1 Å². The maximum absolute atomic E-state index is 14.6. The zero-order valence-corrected chi connectivity index (χ0v) is 29.2. The molecule has 0 radical (unpaired) electrons. The van der Waals surface area contributed by atoms with Crippen molar-refractivity contribution in [3.8, 4) is 5.75 Å². The van der Waals surface area contributed by atoms with E-state index >= 15 is 0 Å². The molecule has 0 saturated carbocycles. The van der Waals surface area contributed by atoms with Crippen molar-refractivity contribution < 1.29 is 47.3 Å². The lowest BCUT2D eigenvalue weighted by atomic mass is 10.0. The number of carboxylic acids is 1. The van der Waals surface area contributed by atoms with E-state index in [4.69, 9.17) is 9.47 Å². The summed E-state index contributed by atoms with van der Waals surface area (Å²) in [6.07, 6.45) is 1.71. The molecule has 278 valence electrons. The molecule has 13 nitrogen and oxygen atoms in total. The first-order valence-electron chi connectivity index (χ1n) is 17.5. The normalized spacial score (nSPS) is 16.5. The molecule has 2 aromatic carbocycles. The van der Waals surface area contributed by atoms with Crippen molar-refractivity contribution in [2.24, 2.45) is 0 Å². The number of hydrogen-bond acceptors (Lipinski definition) is 8. The molecule has 1 unspecified atom stereocenters. The van der Waals surface area contributed by atoms with E-state index in [2.05, 4.69) is 10.3 Å². The number of likely N-dealkylation sites (tertiary alicyclic amines) is 1. The van der Waals surface area contributed by atoms with Crippen LogP contribution in [0, 0.1) is 18.6 Å². The zero-order valence-electron chi connectivity index (χ0n) is 29.2. The van der Waals surface area contributed by atoms with E-state index in [9.17, 15) is 37.9 Å². The van der Waals surface area contributed by atoms with E-state index in [1.165, 1.54) is 26.8 Å². The van der Waals surface area contributed by atoms with Gasteiger partial charge in [-0.3, -0.25) is 19.2 Å². The number of fused-ring (bicyclic) bond motifs is 1. The molecule has 15 heteroatoms. The third-order valence-electron chi connectivity index (χ3n) is 9.23. The third-order valence-corrected chi connectivity index (χ3v) is 9.23. The summed E-state index contributed by atoms with van der Waals surface area (Å²) in [5.74, 6) is -4.10. The number of halogens is 2. The number of amides is 4. The van der Waals surface area contributed by atoms with Crippen LogP contribution in [0.1, 0.15) is 73.1 Å². The van der Waals surface area contributed by atoms with Gasteiger partial charge in [-0.05, 0) is 56.4 Å². The zero-order chi connectivity index (χ0) is 37.4. The largest absolute Gasteiger partial charge is 0.483 e. The van der Waals surface area contributed by atoms with Gasteiger partial charge in [0.05, 0.1) is 18.2 Å². The molecule has 0 spiro atoms. The molecule has 0 aliphatic carbocycles. The van der Waals surface area contributed by atoms with Crippen LogP contribution in [0.25, 0.3) is 10.9 Å². The Bertz CT molecular complexity index is 1820. The Kier molecular flexibility index (Phi) is 12.6. The highest BCUT2D eigenvalue weighted by Crippen LogP contribution is 2.34. The first-order valence-corrected chi connectivity index (χ1v) is 17.5. The Morgan fingerprint density at radius 1 is 1.00 bits per heavy atom. The van der Waals surface area contributed by atoms with Gasteiger partial charge in [-0.25, -0.2) is 18.6 Å². The van der Waals surface area contributed by atoms with Gasteiger partial charge in [0.25, 0.3) is 11.8 Å². The lowest BCUT2D eigenvalue weighted by Crippen LogP contribution is -2.56. The molecule has 2 aliphatic heterocycles. The van der Waals surface area contributed by atoms with Crippen molar-refractivity contribution in [3.63, 3.8) is 0 Å². The molecule has 5 rings (SSSR count). The SMILES string of the molecule is CCCCOC(=O)N1CCN(C(=O)C(CCC(=O)O)NC(=O)c2cc(OCC(=O)N3CCC[C@H]3c3ccc(F)cc3F)c3ccc(C)cc3n2)CC1. The summed E-state index contributed by atoms with van der Waals surface area (Å²) >= 11 is 0. The highest BCUT2D eigenvalue weighted by Gasteiger charge is 2.33. The van der Waals surface area contributed by atoms with Crippen molar-refractivity contribution in [1.82, 2.24) is 25.0 Å². The molecular formula is C37H43F2N5O8. The number of aliphatic carboxylic acids is 1. The number of carboxylic acid groups (broad SMARTS) is 1. The molecule has 2 N–H and O–H groups in total. The topological polar surface area (TPSA) is 159 Å². The van der Waals surface area contributed by atoms with Gasteiger partial charge in [0.2, 0.25) is 5.91 Å². The Labute approximate surface area is 299 Å². The van der Waals surface area contributed by atoms with Crippen molar-refractivity contribution in [3.05, 3.63) is 70.9 Å². The fourth-order valence-electron chi connectivity index (χ4n) is 6.41. The molecule has 0 bridgehead atoms. The molecule has 3 aromatic rings. The first kappa shape index (κ1) is 37.9. The first-order chi connectivity index (χ1) is 24.9. The Balaban J connectivity index is 1.30. The fraction of sp³-hybridized carbons (Fsp3) is 0.459. The van der Waals surface area contributed by atoms with E-state index in [0.29, 0.717) is 36.9 Å². The molecule has 2 aliphatic rings. The second kappa shape index (κ2) is 17.2. The second-order valence-corrected chi connectivity index (χ2v) is 13.0. The van der Waals surface area contributed by atoms with Crippen LogP contribution < -0.4 is 10.1 Å². The van der Waals surface area contributed by atoms with Gasteiger partial charge in [-0.2, -0.15) is 0 Å². The molecule has 2 fully saturated rings. The van der Waals surface area contributed by atoms with Crippen LogP contribution in [0.4, 0.5) is 13.6 Å². The van der Waals surface area contributed by atoms with E-state index in [0.717, 1.165) is 30.5 Å². The maximum atomic E-state index is 14.6. The van der Waals surface area contributed by atoms with Crippen molar-refractivity contribution in [2.45, 2.75) is 64.5 Å². The smallest absolute Gasteiger partial charge is 0.409 e. The van der Waals surface area contributed by atoms with Gasteiger partial charge in [0, 0.05) is 62.2 Å². The Morgan fingerprint density at radius 3 is 2.46 bits per heavy atom. The van der Waals surface area contributed by atoms with Gasteiger partial charge in [0.1, 0.15) is 29.1 Å². The molecular weight excluding hydrogens is 680 g/mol. The number of carbonyl (C=O) groups is 5. The number of pyridine rings is 1. The molecule has 1 aromatic heterocycles. The number of aromatic nitrogens is 1. The second-order valence-electron chi connectivity index (χ2n) is 13.0. The summed E-state index contributed by atoms with van der Waals surface area (Å²) in [6.45, 7) is 4.84. The predicted molar refractivity (Wildman–Crippen MR) is 185 cm³/mol. The Hall–Kier alpha value is -5.34. The van der Waals surface area contributed by atoms with E-state index in [-0.39, 0.29) is 56.0 Å². The number of carbonyl (C=O) groups excluding carboxylic acids is 4. The van der Waals surface area contributed by atoms with Crippen molar-refractivity contribution in [2.75, 3.05) is 45.9 Å². The van der Waals surface area contributed by atoms with Crippen molar-refractivity contribution >= 4 is 40.7 Å². The van der Waals surface area contributed by atoms with Gasteiger partial charge < -0.3 is 34.6 Å². The monoisotopic (exact) mass is 723 g/mol. The summed E-state index contributed by atoms with van der Waals surface area (Å²) in [5, 5.41) is 12.5. The van der Waals surface area contributed by atoms with Gasteiger partial charge in [0.15, 0.2) is 6.61 Å². The lowest BCUT2D eigenvalue weighted by Gasteiger charge is -2.36. The van der Waals surface area contributed by atoms with E-state index in [1.807, 2.05) is 19.9 Å². The minimum absolute atomic E-state index is 0.124. The lowest BCUT2D eigenvalue weighted by molar-refractivity contribution is -0.138. The number of ether oxygens (including phenoxy) is 2. The van der Waals surface area contributed by atoms with E-state index in [1.54, 1.807) is 12.1 Å². The van der Waals surface area contributed by atoms with Crippen LogP contribution >= 0.6 is 0 Å². The number of nitrogens with one attached hydrogen (secondary N) is 1. The molecule has 2 saturated heterocycles. The number of nitrogens with zero attached hydrogens (tertiary/aromatic N) is 4. The number of piperazine rings is 1. The van der Waals surface area contributed by atoms with Crippen LogP contribution in [0.5, 0.6) is 5.75 Å². The summed E-state index contributed by atoms with van der Waals surface area (Å²) in [7, 11) is 0. The number of unbranched alkanes of at least 4 members (excludes halogenated alkanes) is 1. The number of rotatable bonds is 13. The van der Waals surface area contributed by atoms with Crippen LogP contribution in [-0.2, 0) is 19.1 Å². The van der Waals surface area contributed by atoms with Crippen LogP contribution in [0.2, 0.25) is 0 Å². The summed E-state index contributed by atoms with van der Waals surface area (Å²) in [4.78, 5) is 73.5.